The monoisotopic (exact) mass is 288 g/mol. The van der Waals surface area contributed by atoms with Gasteiger partial charge in [-0.1, -0.05) is 19.1 Å². The molecular formula is C15H20N4O2. The zero-order valence-corrected chi connectivity index (χ0v) is 12.2. The molecule has 3 rings (SSSR count). The summed E-state index contributed by atoms with van der Waals surface area (Å²) >= 11 is 0. The van der Waals surface area contributed by atoms with E-state index in [-0.39, 0.29) is 16.7 Å². The predicted molar refractivity (Wildman–Crippen MR) is 81.2 cm³/mol. The molecule has 2 aliphatic heterocycles. The highest BCUT2D eigenvalue weighted by molar-refractivity contribution is 5.89. The van der Waals surface area contributed by atoms with Crippen molar-refractivity contribution in [2.24, 2.45) is 11.0 Å². The molecule has 1 saturated heterocycles. The quantitative estimate of drug-likeness (QED) is 0.682. The van der Waals surface area contributed by atoms with Gasteiger partial charge in [0.05, 0.1) is 11.0 Å². The predicted octanol–water partition coefficient (Wildman–Crippen LogP) is 2.33. The Balaban J connectivity index is 1.75. The first-order chi connectivity index (χ1) is 10.2. The number of hydrogen-bond acceptors (Lipinski definition) is 5. The fraction of sp³-hybridized carbons (Fsp3) is 0.533. The Kier molecular flexibility index (Phi) is 3.88. The molecule has 21 heavy (non-hydrogen) atoms. The van der Waals surface area contributed by atoms with E-state index >= 15 is 0 Å². The lowest BCUT2D eigenvalue weighted by Gasteiger charge is -2.33. The number of likely N-dealkylation sites (tertiary alicyclic amines) is 1. The summed E-state index contributed by atoms with van der Waals surface area (Å²) in [6.45, 7) is 5.42. The molecule has 6 heteroatoms. The van der Waals surface area contributed by atoms with Gasteiger partial charge in [0.1, 0.15) is 0 Å². The number of rotatable bonds is 4. The lowest BCUT2D eigenvalue weighted by molar-refractivity contribution is -0.384. The summed E-state index contributed by atoms with van der Waals surface area (Å²) in [7, 11) is 0. The van der Waals surface area contributed by atoms with Crippen LogP contribution in [-0.4, -0.2) is 35.2 Å². The molecule has 1 fully saturated rings. The van der Waals surface area contributed by atoms with E-state index in [1.165, 1.54) is 5.71 Å². The van der Waals surface area contributed by atoms with Crippen molar-refractivity contribution >= 4 is 11.4 Å². The summed E-state index contributed by atoms with van der Waals surface area (Å²) < 4.78 is 0. The van der Waals surface area contributed by atoms with E-state index in [1.807, 2.05) is 12.1 Å². The van der Waals surface area contributed by atoms with Crippen LogP contribution >= 0.6 is 0 Å². The van der Waals surface area contributed by atoms with Gasteiger partial charge in [-0.15, -0.1) is 0 Å². The fourth-order valence-electron chi connectivity index (χ4n) is 3.24. The van der Waals surface area contributed by atoms with E-state index in [0.717, 1.165) is 38.0 Å². The summed E-state index contributed by atoms with van der Waals surface area (Å²) in [5.41, 5.74) is 5.66. The molecule has 6 nitrogen and oxygen atoms in total. The number of benzene rings is 1. The van der Waals surface area contributed by atoms with Gasteiger partial charge in [0.15, 0.2) is 0 Å². The molecule has 0 bridgehead atoms. The van der Waals surface area contributed by atoms with Crippen molar-refractivity contribution in [3.8, 4) is 0 Å². The van der Waals surface area contributed by atoms with Gasteiger partial charge in [0.2, 0.25) is 0 Å². The molecular weight excluding hydrogens is 268 g/mol. The summed E-state index contributed by atoms with van der Waals surface area (Å²) in [6, 6.07) is 6.96. The highest BCUT2D eigenvalue weighted by Gasteiger charge is 2.36. The highest BCUT2D eigenvalue weighted by Crippen LogP contribution is 2.33. The van der Waals surface area contributed by atoms with Crippen LogP contribution in [0.15, 0.2) is 29.4 Å². The standard InChI is InChI=1S/C15H20N4O2/c1-2-8-18-9-7-14-13(10-18)15(17-16-14)11-3-5-12(6-4-11)19(20)21/h3-6,13,15,17H,2,7-10H2,1H3. The van der Waals surface area contributed by atoms with Crippen LogP contribution in [0.4, 0.5) is 5.69 Å². The molecule has 1 N–H and O–H groups in total. The van der Waals surface area contributed by atoms with Crippen LogP contribution in [0.5, 0.6) is 0 Å². The number of nitro benzene ring substituents is 1. The van der Waals surface area contributed by atoms with Crippen LogP contribution in [0.25, 0.3) is 0 Å². The number of nitrogens with zero attached hydrogens (tertiary/aromatic N) is 3. The molecule has 2 heterocycles. The van der Waals surface area contributed by atoms with Crippen LogP contribution in [0.1, 0.15) is 31.4 Å². The Bertz CT molecular complexity index is 555. The average molecular weight is 288 g/mol. The van der Waals surface area contributed by atoms with Crippen molar-refractivity contribution < 1.29 is 4.92 Å². The summed E-state index contributed by atoms with van der Waals surface area (Å²) in [4.78, 5) is 12.9. The normalized spacial score (nSPS) is 25.1. The van der Waals surface area contributed by atoms with Crippen molar-refractivity contribution in [2.45, 2.75) is 25.8 Å². The third-order valence-corrected chi connectivity index (χ3v) is 4.32. The van der Waals surface area contributed by atoms with Crippen molar-refractivity contribution in [1.82, 2.24) is 10.3 Å². The van der Waals surface area contributed by atoms with E-state index in [2.05, 4.69) is 22.4 Å². The third-order valence-electron chi connectivity index (χ3n) is 4.32. The van der Waals surface area contributed by atoms with Crippen molar-refractivity contribution in [3.63, 3.8) is 0 Å². The van der Waals surface area contributed by atoms with Crippen LogP contribution in [-0.2, 0) is 0 Å². The first-order valence-corrected chi connectivity index (χ1v) is 7.47. The molecule has 2 atom stereocenters. The first-order valence-electron chi connectivity index (χ1n) is 7.47. The number of hydrazone groups is 1. The molecule has 112 valence electrons. The van der Waals surface area contributed by atoms with E-state index in [1.54, 1.807) is 12.1 Å². The maximum atomic E-state index is 10.7. The van der Waals surface area contributed by atoms with Gasteiger partial charge in [-0.25, -0.2) is 0 Å². The maximum Gasteiger partial charge on any atom is 0.269 e. The molecule has 2 unspecified atom stereocenters. The fourth-order valence-corrected chi connectivity index (χ4v) is 3.24. The topological polar surface area (TPSA) is 70.8 Å². The molecule has 0 saturated carbocycles. The Morgan fingerprint density at radius 3 is 2.86 bits per heavy atom. The van der Waals surface area contributed by atoms with Gasteiger partial charge in [0.25, 0.3) is 5.69 Å². The second-order valence-electron chi connectivity index (χ2n) is 5.72. The van der Waals surface area contributed by atoms with Crippen molar-refractivity contribution in [1.29, 1.82) is 0 Å². The Morgan fingerprint density at radius 2 is 2.19 bits per heavy atom. The number of hydrogen-bond donors (Lipinski definition) is 1. The van der Waals surface area contributed by atoms with E-state index in [0.29, 0.717) is 5.92 Å². The molecule has 1 aromatic carbocycles. The summed E-state index contributed by atoms with van der Waals surface area (Å²) in [5, 5.41) is 15.2. The third kappa shape index (κ3) is 2.76. The van der Waals surface area contributed by atoms with Gasteiger partial charge >= 0.3 is 0 Å². The van der Waals surface area contributed by atoms with Crippen LogP contribution in [0.2, 0.25) is 0 Å². The van der Waals surface area contributed by atoms with Gasteiger partial charge in [-0.05, 0) is 18.5 Å². The SMILES string of the molecule is CCCN1CCC2=NNC(c3ccc([N+](=O)[O-])cc3)C2C1. The highest BCUT2D eigenvalue weighted by atomic mass is 16.6. The molecule has 2 aliphatic rings. The Morgan fingerprint density at radius 1 is 1.43 bits per heavy atom. The number of piperidine rings is 1. The van der Waals surface area contributed by atoms with Gasteiger partial charge in [-0.3, -0.25) is 10.1 Å². The van der Waals surface area contributed by atoms with Gasteiger partial charge < -0.3 is 10.3 Å². The van der Waals surface area contributed by atoms with E-state index < -0.39 is 0 Å². The minimum Gasteiger partial charge on any atom is -0.302 e. The van der Waals surface area contributed by atoms with Gasteiger partial charge in [0, 0.05) is 43.3 Å². The maximum absolute atomic E-state index is 10.7. The molecule has 0 radical (unpaired) electrons. The van der Waals surface area contributed by atoms with Crippen LogP contribution in [0, 0.1) is 16.0 Å². The minimum atomic E-state index is -0.364. The number of nitrogens with one attached hydrogen (secondary N) is 1. The van der Waals surface area contributed by atoms with Crippen LogP contribution < -0.4 is 5.43 Å². The number of fused-ring (bicyclic) bond motifs is 1. The number of nitro groups is 1. The smallest absolute Gasteiger partial charge is 0.269 e. The summed E-state index contributed by atoms with van der Waals surface area (Å²) in [5.74, 6) is 0.381. The largest absolute Gasteiger partial charge is 0.302 e. The molecule has 0 amide bonds. The molecule has 0 aliphatic carbocycles. The molecule has 0 aromatic heterocycles. The van der Waals surface area contributed by atoms with Crippen LogP contribution in [0.3, 0.4) is 0 Å². The lowest BCUT2D eigenvalue weighted by atomic mass is 9.86. The van der Waals surface area contributed by atoms with E-state index in [9.17, 15) is 10.1 Å². The molecule has 0 spiro atoms. The van der Waals surface area contributed by atoms with E-state index in [4.69, 9.17) is 0 Å². The Labute approximate surface area is 124 Å². The molecule has 1 aromatic rings. The second-order valence-corrected chi connectivity index (χ2v) is 5.72. The minimum absolute atomic E-state index is 0.133. The second kappa shape index (κ2) is 5.81. The van der Waals surface area contributed by atoms with Crippen molar-refractivity contribution in [2.75, 3.05) is 19.6 Å². The first kappa shape index (κ1) is 14.0. The number of non-ortho nitro benzene ring substituents is 1. The zero-order valence-electron chi connectivity index (χ0n) is 12.2. The summed E-state index contributed by atoms with van der Waals surface area (Å²) in [6.07, 6.45) is 2.18. The van der Waals surface area contributed by atoms with Crippen molar-refractivity contribution in [3.05, 3.63) is 39.9 Å². The van der Waals surface area contributed by atoms with Gasteiger partial charge in [-0.2, -0.15) is 5.10 Å². The Hall–Kier alpha value is -1.95. The average Bonchev–Trinajstić information content (AvgIpc) is 2.91. The lowest BCUT2D eigenvalue weighted by Crippen LogP contribution is -2.42. The zero-order chi connectivity index (χ0) is 14.8.